The van der Waals surface area contributed by atoms with Crippen molar-refractivity contribution in [2.24, 2.45) is 5.92 Å². The largest absolute Gasteiger partial charge is 0.326 e. The number of amides is 2. The van der Waals surface area contributed by atoms with Crippen molar-refractivity contribution in [3.8, 4) is 11.3 Å². The number of anilines is 2. The van der Waals surface area contributed by atoms with Crippen LogP contribution in [0.15, 0.2) is 53.9 Å². The molecule has 1 saturated heterocycles. The molecule has 4 rings (SSSR count). The van der Waals surface area contributed by atoms with E-state index >= 15 is 0 Å². The van der Waals surface area contributed by atoms with E-state index in [2.05, 4.69) is 10.3 Å². The molecule has 1 fully saturated rings. The van der Waals surface area contributed by atoms with Crippen molar-refractivity contribution in [1.82, 2.24) is 4.98 Å². The van der Waals surface area contributed by atoms with E-state index in [0.717, 1.165) is 16.3 Å². The van der Waals surface area contributed by atoms with Gasteiger partial charge in [-0.3, -0.25) is 9.59 Å². The lowest BCUT2D eigenvalue weighted by Crippen LogP contribution is -2.28. The Bertz CT molecular complexity index is 1010. The van der Waals surface area contributed by atoms with Crippen LogP contribution in [0.2, 0.25) is 0 Å². The van der Waals surface area contributed by atoms with Crippen LogP contribution in [0.4, 0.5) is 15.8 Å². The number of hydrogen-bond donors (Lipinski definition) is 1. The van der Waals surface area contributed by atoms with Crippen molar-refractivity contribution in [3.63, 3.8) is 0 Å². The standard InChI is InChI=1S/C21H18FN3O2S/c1-13-23-19(12-28-13)14-2-6-17(7-3-14)24-21(27)15-10-20(26)25(11-15)18-8-4-16(22)5-9-18/h2-9,12,15H,10-11H2,1H3,(H,24,27)/t15-/m0/s1. The first-order valence-corrected chi connectivity index (χ1v) is 9.77. The Labute approximate surface area is 165 Å². The quantitative estimate of drug-likeness (QED) is 0.718. The van der Waals surface area contributed by atoms with Crippen LogP contribution in [0.1, 0.15) is 11.4 Å². The van der Waals surface area contributed by atoms with Crippen LogP contribution < -0.4 is 10.2 Å². The summed E-state index contributed by atoms with van der Waals surface area (Å²) >= 11 is 1.59. The third kappa shape index (κ3) is 3.80. The number of rotatable bonds is 4. The van der Waals surface area contributed by atoms with E-state index in [9.17, 15) is 14.0 Å². The lowest BCUT2D eigenvalue weighted by atomic mass is 10.1. The molecule has 0 radical (unpaired) electrons. The normalized spacial score (nSPS) is 16.4. The van der Waals surface area contributed by atoms with E-state index in [4.69, 9.17) is 0 Å². The van der Waals surface area contributed by atoms with Crippen molar-refractivity contribution in [2.45, 2.75) is 13.3 Å². The van der Waals surface area contributed by atoms with Gasteiger partial charge in [-0.15, -0.1) is 11.3 Å². The molecule has 142 valence electrons. The molecule has 2 aromatic carbocycles. The van der Waals surface area contributed by atoms with E-state index in [-0.39, 0.29) is 30.6 Å². The van der Waals surface area contributed by atoms with Gasteiger partial charge in [0.2, 0.25) is 11.8 Å². The van der Waals surface area contributed by atoms with E-state index in [0.29, 0.717) is 11.4 Å². The van der Waals surface area contributed by atoms with Gasteiger partial charge in [0.15, 0.2) is 0 Å². The van der Waals surface area contributed by atoms with Crippen LogP contribution in [-0.2, 0) is 9.59 Å². The van der Waals surface area contributed by atoms with Gasteiger partial charge in [0, 0.05) is 35.3 Å². The van der Waals surface area contributed by atoms with Gasteiger partial charge in [-0.25, -0.2) is 9.37 Å². The number of benzene rings is 2. The second-order valence-electron chi connectivity index (χ2n) is 6.70. The maximum Gasteiger partial charge on any atom is 0.229 e. The van der Waals surface area contributed by atoms with Gasteiger partial charge < -0.3 is 10.2 Å². The van der Waals surface area contributed by atoms with Crippen molar-refractivity contribution in [2.75, 3.05) is 16.8 Å². The number of halogens is 1. The second kappa shape index (κ2) is 7.52. The molecule has 7 heteroatoms. The maximum atomic E-state index is 13.1. The van der Waals surface area contributed by atoms with Crippen LogP contribution in [0.3, 0.4) is 0 Å². The van der Waals surface area contributed by atoms with Gasteiger partial charge in [-0.2, -0.15) is 0 Å². The van der Waals surface area contributed by atoms with Gasteiger partial charge >= 0.3 is 0 Å². The molecule has 3 aromatic rings. The number of carbonyl (C=O) groups excluding carboxylic acids is 2. The zero-order valence-electron chi connectivity index (χ0n) is 15.2. The first-order chi connectivity index (χ1) is 13.5. The molecule has 1 aliphatic rings. The summed E-state index contributed by atoms with van der Waals surface area (Å²) < 4.78 is 13.1. The summed E-state index contributed by atoms with van der Waals surface area (Å²) in [5.41, 5.74) is 3.18. The molecule has 1 N–H and O–H groups in total. The van der Waals surface area contributed by atoms with E-state index < -0.39 is 5.92 Å². The molecule has 0 saturated carbocycles. The summed E-state index contributed by atoms with van der Waals surface area (Å²) in [6.45, 7) is 2.24. The summed E-state index contributed by atoms with van der Waals surface area (Å²) in [4.78, 5) is 30.8. The lowest BCUT2D eigenvalue weighted by molar-refractivity contribution is -0.122. The number of nitrogens with one attached hydrogen (secondary N) is 1. The minimum absolute atomic E-state index is 0.138. The fraction of sp³-hybridized carbons (Fsp3) is 0.190. The minimum atomic E-state index is -0.446. The van der Waals surface area contributed by atoms with Gasteiger partial charge in [0.1, 0.15) is 5.82 Å². The van der Waals surface area contributed by atoms with Crippen LogP contribution in [-0.4, -0.2) is 23.3 Å². The molecule has 2 amide bonds. The first-order valence-electron chi connectivity index (χ1n) is 8.89. The highest BCUT2D eigenvalue weighted by Gasteiger charge is 2.35. The number of hydrogen-bond acceptors (Lipinski definition) is 4. The third-order valence-corrected chi connectivity index (χ3v) is 5.47. The predicted octanol–water partition coefficient (Wildman–Crippen LogP) is 4.25. The van der Waals surface area contributed by atoms with Crippen LogP contribution in [0.5, 0.6) is 0 Å². The molecule has 1 aliphatic heterocycles. The summed E-state index contributed by atoms with van der Waals surface area (Å²) in [7, 11) is 0. The second-order valence-corrected chi connectivity index (χ2v) is 7.76. The highest BCUT2D eigenvalue weighted by Crippen LogP contribution is 2.27. The highest BCUT2D eigenvalue weighted by atomic mass is 32.1. The van der Waals surface area contributed by atoms with Gasteiger partial charge in [0.05, 0.1) is 16.6 Å². The number of carbonyl (C=O) groups is 2. The molecule has 2 heterocycles. The van der Waals surface area contributed by atoms with Crippen molar-refractivity contribution in [3.05, 3.63) is 64.7 Å². The Morgan fingerprint density at radius 2 is 1.89 bits per heavy atom. The van der Waals surface area contributed by atoms with E-state index in [1.54, 1.807) is 23.5 Å². The molecule has 0 spiro atoms. The summed E-state index contributed by atoms with van der Waals surface area (Å²) in [5, 5.41) is 5.87. The summed E-state index contributed by atoms with van der Waals surface area (Å²) in [6, 6.07) is 13.2. The monoisotopic (exact) mass is 395 g/mol. The fourth-order valence-electron chi connectivity index (χ4n) is 3.22. The molecule has 1 aromatic heterocycles. The Morgan fingerprint density at radius 1 is 1.18 bits per heavy atom. The van der Waals surface area contributed by atoms with Gasteiger partial charge in [-0.05, 0) is 43.3 Å². The SMILES string of the molecule is Cc1nc(-c2ccc(NC(=O)[C@H]3CC(=O)N(c4ccc(F)cc4)C3)cc2)cs1. The molecule has 28 heavy (non-hydrogen) atoms. The Balaban J connectivity index is 1.41. The number of aryl methyl sites for hydroxylation is 1. The van der Waals surface area contributed by atoms with Crippen molar-refractivity contribution in [1.29, 1.82) is 0 Å². The van der Waals surface area contributed by atoms with E-state index in [1.807, 2.05) is 36.6 Å². The van der Waals surface area contributed by atoms with Gasteiger partial charge in [-0.1, -0.05) is 12.1 Å². The first kappa shape index (κ1) is 18.3. The Kier molecular flexibility index (Phi) is 4.92. The number of thiazole rings is 1. The molecule has 1 atom stereocenters. The third-order valence-electron chi connectivity index (χ3n) is 4.70. The lowest BCUT2D eigenvalue weighted by Gasteiger charge is -2.16. The predicted molar refractivity (Wildman–Crippen MR) is 108 cm³/mol. The zero-order chi connectivity index (χ0) is 19.7. The fourth-order valence-corrected chi connectivity index (χ4v) is 3.84. The molecule has 5 nitrogen and oxygen atoms in total. The minimum Gasteiger partial charge on any atom is -0.326 e. The summed E-state index contributed by atoms with van der Waals surface area (Å²) in [6.07, 6.45) is 0.138. The van der Waals surface area contributed by atoms with E-state index in [1.165, 1.54) is 17.0 Å². The average Bonchev–Trinajstić information content (AvgIpc) is 3.29. The summed E-state index contributed by atoms with van der Waals surface area (Å²) in [5.74, 6) is -1.14. The van der Waals surface area contributed by atoms with Crippen LogP contribution >= 0.6 is 11.3 Å². The Hall–Kier alpha value is -3.06. The molecular formula is C21H18FN3O2S. The smallest absolute Gasteiger partial charge is 0.229 e. The van der Waals surface area contributed by atoms with Crippen LogP contribution in [0, 0.1) is 18.7 Å². The molecule has 0 bridgehead atoms. The topological polar surface area (TPSA) is 62.3 Å². The molecule has 0 unspecified atom stereocenters. The average molecular weight is 395 g/mol. The maximum absolute atomic E-state index is 13.1. The highest BCUT2D eigenvalue weighted by molar-refractivity contribution is 7.09. The number of nitrogens with zero attached hydrogens (tertiary/aromatic N) is 2. The van der Waals surface area contributed by atoms with Crippen molar-refractivity contribution >= 4 is 34.5 Å². The van der Waals surface area contributed by atoms with Gasteiger partial charge in [0.25, 0.3) is 0 Å². The molecular weight excluding hydrogens is 377 g/mol. The van der Waals surface area contributed by atoms with Crippen LogP contribution in [0.25, 0.3) is 11.3 Å². The molecule has 0 aliphatic carbocycles. The number of aromatic nitrogens is 1. The van der Waals surface area contributed by atoms with Crippen molar-refractivity contribution < 1.29 is 14.0 Å². The zero-order valence-corrected chi connectivity index (χ0v) is 16.0. The Morgan fingerprint density at radius 3 is 2.54 bits per heavy atom.